The number of hydrazone groups is 1. The zero-order chi connectivity index (χ0) is 25.1. The standard InChI is InChI=1S/C22H31N5O7.ClH/c1-3-4-9-33-21(31)26-17(20(29)30)13-24-19(28)11-16-10-18(27(2)22(32)34-16)15-7-5-14(6-8-15)12-25-23;/h5-8,12,16-18H,3-4,9-11,13,23H2,1-2H3,(H,24,28)(H,26,31)(H,29,30);1H/t16-,17-,18+;/m0./s1. The molecule has 12 nitrogen and oxygen atoms in total. The Bertz CT molecular complexity index is 897. The van der Waals surface area contributed by atoms with Crippen molar-refractivity contribution in [3.8, 4) is 0 Å². The molecule has 1 heterocycles. The highest BCUT2D eigenvalue weighted by Crippen LogP contribution is 2.31. The van der Waals surface area contributed by atoms with Crippen LogP contribution in [0, 0.1) is 0 Å². The lowest BCUT2D eigenvalue weighted by molar-refractivity contribution is -0.139. The number of carboxylic acid groups (broad SMARTS) is 1. The fraction of sp³-hybridized carbons (Fsp3) is 0.500. The molecule has 0 saturated carbocycles. The summed E-state index contributed by atoms with van der Waals surface area (Å²) in [4.78, 5) is 49.3. The molecule has 3 atom stereocenters. The number of benzene rings is 1. The summed E-state index contributed by atoms with van der Waals surface area (Å²) in [7, 11) is 1.61. The Morgan fingerprint density at radius 3 is 2.63 bits per heavy atom. The Morgan fingerprint density at radius 2 is 2.03 bits per heavy atom. The quantitative estimate of drug-likeness (QED) is 0.150. The first kappa shape index (κ1) is 29.5. The molecule has 1 aliphatic rings. The van der Waals surface area contributed by atoms with Gasteiger partial charge in [0.05, 0.1) is 25.3 Å². The molecule has 0 unspecified atom stereocenters. The van der Waals surface area contributed by atoms with Crippen LogP contribution in [0.2, 0.25) is 0 Å². The average Bonchev–Trinajstić information content (AvgIpc) is 2.79. The monoisotopic (exact) mass is 513 g/mol. The number of rotatable bonds is 11. The number of aliphatic carboxylic acids is 1. The third-order valence-electron chi connectivity index (χ3n) is 5.29. The highest BCUT2D eigenvalue weighted by Gasteiger charge is 2.35. The minimum atomic E-state index is -1.36. The minimum Gasteiger partial charge on any atom is -0.480 e. The summed E-state index contributed by atoms with van der Waals surface area (Å²) in [6, 6.07) is 5.64. The van der Waals surface area contributed by atoms with Crippen LogP contribution in [0.25, 0.3) is 0 Å². The number of unbranched alkanes of at least 4 members (excludes halogenated alkanes) is 1. The van der Waals surface area contributed by atoms with Gasteiger partial charge in [-0.25, -0.2) is 14.4 Å². The first-order chi connectivity index (χ1) is 16.2. The zero-order valence-corrected chi connectivity index (χ0v) is 20.5. The lowest BCUT2D eigenvalue weighted by Gasteiger charge is -2.36. The van der Waals surface area contributed by atoms with Crippen LogP contribution in [-0.4, -0.2) is 72.6 Å². The van der Waals surface area contributed by atoms with E-state index in [2.05, 4.69) is 15.7 Å². The number of carbonyl (C=O) groups excluding carboxylic acids is 3. The van der Waals surface area contributed by atoms with Gasteiger partial charge in [-0.1, -0.05) is 37.6 Å². The molecule has 194 valence electrons. The number of hydrogen-bond donors (Lipinski definition) is 4. The Morgan fingerprint density at radius 1 is 1.34 bits per heavy atom. The van der Waals surface area contributed by atoms with Crippen LogP contribution in [0.4, 0.5) is 9.59 Å². The third kappa shape index (κ3) is 9.32. The predicted octanol–water partition coefficient (Wildman–Crippen LogP) is 1.77. The number of alkyl carbamates (subject to hydrolysis) is 1. The first-order valence-corrected chi connectivity index (χ1v) is 10.9. The molecule has 1 saturated heterocycles. The van der Waals surface area contributed by atoms with Gasteiger partial charge >= 0.3 is 18.2 Å². The molecule has 0 aliphatic carbocycles. The topological polar surface area (TPSA) is 173 Å². The lowest BCUT2D eigenvalue weighted by Crippen LogP contribution is -2.49. The van der Waals surface area contributed by atoms with E-state index in [9.17, 15) is 24.3 Å². The highest BCUT2D eigenvalue weighted by atomic mass is 35.5. The number of nitrogens with zero attached hydrogens (tertiary/aromatic N) is 2. The lowest BCUT2D eigenvalue weighted by atomic mass is 9.96. The van der Waals surface area contributed by atoms with Crippen molar-refractivity contribution in [1.29, 1.82) is 0 Å². The van der Waals surface area contributed by atoms with E-state index >= 15 is 0 Å². The molecule has 3 amide bonds. The molecule has 0 aromatic heterocycles. The molecule has 13 heteroatoms. The van der Waals surface area contributed by atoms with Crippen molar-refractivity contribution >= 4 is 42.7 Å². The number of hydrogen-bond acceptors (Lipinski definition) is 8. The van der Waals surface area contributed by atoms with E-state index in [1.165, 1.54) is 11.1 Å². The van der Waals surface area contributed by atoms with E-state index < -0.39 is 36.2 Å². The van der Waals surface area contributed by atoms with Crippen LogP contribution in [-0.2, 0) is 19.1 Å². The summed E-state index contributed by atoms with van der Waals surface area (Å²) in [6.45, 7) is 1.76. The normalized spacial score (nSPS) is 18.2. The second-order valence-corrected chi connectivity index (χ2v) is 7.85. The molecule has 1 fully saturated rings. The van der Waals surface area contributed by atoms with Crippen molar-refractivity contribution in [2.45, 2.75) is 50.8 Å². The van der Waals surface area contributed by atoms with Crippen molar-refractivity contribution in [3.63, 3.8) is 0 Å². The number of carbonyl (C=O) groups is 4. The number of amides is 3. The maximum absolute atomic E-state index is 12.4. The van der Waals surface area contributed by atoms with Crippen molar-refractivity contribution in [2.75, 3.05) is 20.2 Å². The van der Waals surface area contributed by atoms with E-state index in [1.807, 2.05) is 31.2 Å². The fourth-order valence-corrected chi connectivity index (χ4v) is 3.37. The molecule has 1 aromatic carbocycles. The van der Waals surface area contributed by atoms with Crippen LogP contribution < -0.4 is 16.5 Å². The number of ether oxygens (including phenoxy) is 2. The summed E-state index contributed by atoms with van der Waals surface area (Å²) in [6.07, 6.45) is 1.06. The summed E-state index contributed by atoms with van der Waals surface area (Å²) in [5, 5.41) is 17.4. The van der Waals surface area contributed by atoms with Crippen LogP contribution in [0.3, 0.4) is 0 Å². The van der Waals surface area contributed by atoms with Gasteiger partial charge in [0.15, 0.2) is 0 Å². The van der Waals surface area contributed by atoms with Crippen molar-refractivity contribution in [2.24, 2.45) is 10.9 Å². The van der Waals surface area contributed by atoms with Gasteiger partial charge in [-0.2, -0.15) is 5.10 Å². The van der Waals surface area contributed by atoms with Gasteiger partial charge in [0.1, 0.15) is 12.1 Å². The number of nitrogens with two attached hydrogens (primary N) is 1. The number of halogens is 1. The highest BCUT2D eigenvalue weighted by molar-refractivity contribution is 5.85. The predicted molar refractivity (Wildman–Crippen MR) is 129 cm³/mol. The van der Waals surface area contributed by atoms with Crippen LogP contribution in [0.1, 0.15) is 49.8 Å². The average molecular weight is 514 g/mol. The van der Waals surface area contributed by atoms with Gasteiger partial charge in [0.2, 0.25) is 5.91 Å². The molecular formula is C22H32ClN5O7. The largest absolute Gasteiger partial charge is 0.480 e. The van der Waals surface area contributed by atoms with Gasteiger partial charge in [-0.05, 0) is 17.5 Å². The van der Waals surface area contributed by atoms with E-state index in [0.29, 0.717) is 12.8 Å². The number of carboxylic acids is 1. The smallest absolute Gasteiger partial charge is 0.410 e. The molecule has 1 aliphatic heterocycles. The number of nitrogens with one attached hydrogen (secondary N) is 2. The Hall–Kier alpha value is -3.54. The molecule has 35 heavy (non-hydrogen) atoms. The maximum Gasteiger partial charge on any atom is 0.410 e. The van der Waals surface area contributed by atoms with E-state index in [4.69, 9.17) is 15.3 Å². The van der Waals surface area contributed by atoms with Gasteiger partial charge < -0.3 is 36.0 Å². The molecule has 5 N–H and O–H groups in total. The van der Waals surface area contributed by atoms with Crippen LogP contribution in [0.15, 0.2) is 29.4 Å². The van der Waals surface area contributed by atoms with Gasteiger partial charge in [-0.3, -0.25) is 4.79 Å². The Balaban J connectivity index is 0.00000612. The Kier molecular flexibility index (Phi) is 12.4. The van der Waals surface area contributed by atoms with Crippen LogP contribution in [0.5, 0.6) is 0 Å². The summed E-state index contributed by atoms with van der Waals surface area (Å²) < 4.78 is 10.2. The minimum absolute atomic E-state index is 0. The first-order valence-electron chi connectivity index (χ1n) is 10.9. The van der Waals surface area contributed by atoms with Crippen LogP contribution >= 0.6 is 12.4 Å². The van der Waals surface area contributed by atoms with E-state index in [1.54, 1.807) is 7.05 Å². The van der Waals surface area contributed by atoms with E-state index in [0.717, 1.165) is 17.5 Å². The summed E-state index contributed by atoms with van der Waals surface area (Å²) in [5.74, 6) is 3.33. The van der Waals surface area contributed by atoms with Gasteiger partial charge in [-0.15, -0.1) is 12.4 Å². The SMILES string of the molecule is CCCCOC(=O)N[C@@H](CNC(=O)C[C@@H]1C[C@H](c2ccc(C=NN)cc2)N(C)C(=O)O1)C(=O)O.Cl. The van der Waals surface area contributed by atoms with Crippen molar-refractivity contribution < 1.29 is 33.8 Å². The van der Waals surface area contributed by atoms with Crippen molar-refractivity contribution in [1.82, 2.24) is 15.5 Å². The zero-order valence-electron chi connectivity index (χ0n) is 19.6. The van der Waals surface area contributed by atoms with Gasteiger partial charge in [0, 0.05) is 20.0 Å². The molecule has 2 rings (SSSR count). The number of cyclic esters (lactones) is 1. The molecular weight excluding hydrogens is 482 g/mol. The molecule has 0 bridgehead atoms. The molecule has 0 spiro atoms. The van der Waals surface area contributed by atoms with E-state index in [-0.39, 0.29) is 38.0 Å². The molecule has 1 aromatic rings. The summed E-state index contributed by atoms with van der Waals surface area (Å²) in [5.41, 5.74) is 1.66. The van der Waals surface area contributed by atoms with Gasteiger partial charge in [0.25, 0.3) is 0 Å². The second kappa shape index (κ2) is 14.7. The third-order valence-corrected chi connectivity index (χ3v) is 5.29. The Labute approximate surface area is 209 Å². The molecule has 0 radical (unpaired) electrons. The maximum atomic E-state index is 12.4. The summed E-state index contributed by atoms with van der Waals surface area (Å²) >= 11 is 0. The fourth-order valence-electron chi connectivity index (χ4n) is 3.37. The van der Waals surface area contributed by atoms with Crippen molar-refractivity contribution in [3.05, 3.63) is 35.4 Å². The second-order valence-electron chi connectivity index (χ2n) is 7.85.